The summed E-state index contributed by atoms with van der Waals surface area (Å²) >= 11 is 0. The molecule has 1 N–H and O–H groups in total. The van der Waals surface area contributed by atoms with Crippen molar-refractivity contribution < 1.29 is 14.3 Å². The fourth-order valence-electron chi connectivity index (χ4n) is 2.67. The number of carbonyl (C=O) groups is 1. The van der Waals surface area contributed by atoms with E-state index >= 15 is 0 Å². The van der Waals surface area contributed by atoms with Crippen LogP contribution in [0.4, 0.5) is 10.5 Å². The van der Waals surface area contributed by atoms with Crippen LogP contribution in [0.2, 0.25) is 0 Å². The quantitative estimate of drug-likeness (QED) is 0.918. The predicted octanol–water partition coefficient (Wildman–Crippen LogP) is 3.90. The number of likely N-dealkylation sites (tertiary alicyclic amines) is 1. The Balaban J connectivity index is 1.86. The largest absolute Gasteiger partial charge is 0.497 e. The number of nitrogens with one attached hydrogen (secondary N) is 1. The summed E-state index contributed by atoms with van der Waals surface area (Å²) in [5.41, 5.74) is 0.644. The molecule has 0 aromatic heterocycles. The number of ether oxygens (including phenoxy) is 2. The number of nitrogens with zero attached hydrogens (tertiary/aromatic N) is 1. The van der Waals surface area contributed by atoms with Gasteiger partial charge in [-0.1, -0.05) is 0 Å². The molecular weight excluding hydrogens is 292 g/mol. The van der Waals surface area contributed by atoms with Gasteiger partial charge < -0.3 is 19.7 Å². The van der Waals surface area contributed by atoms with Crippen molar-refractivity contribution >= 4 is 11.8 Å². The van der Waals surface area contributed by atoms with Gasteiger partial charge in [-0.25, -0.2) is 4.79 Å². The molecular formula is C18H28N2O3. The SMILES string of the molecule is COc1ccc(NC2CCCN(C(=O)OC(C)(C)C)CC2)cc1. The molecule has 0 bridgehead atoms. The molecule has 0 saturated carbocycles. The molecule has 1 heterocycles. The van der Waals surface area contributed by atoms with Crippen LogP contribution in [-0.2, 0) is 4.74 Å². The normalized spacial score (nSPS) is 19.0. The second-order valence-electron chi connectivity index (χ2n) is 6.97. The molecule has 1 aliphatic heterocycles. The van der Waals surface area contributed by atoms with Crippen LogP contribution in [0, 0.1) is 0 Å². The molecule has 5 heteroatoms. The zero-order chi connectivity index (χ0) is 16.9. The van der Waals surface area contributed by atoms with Crippen molar-refractivity contribution in [2.45, 2.75) is 51.7 Å². The Hall–Kier alpha value is -1.91. The van der Waals surface area contributed by atoms with Crippen LogP contribution < -0.4 is 10.1 Å². The number of anilines is 1. The van der Waals surface area contributed by atoms with Gasteiger partial charge in [-0.15, -0.1) is 0 Å². The number of amides is 1. The third kappa shape index (κ3) is 5.66. The summed E-state index contributed by atoms with van der Waals surface area (Å²) in [4.78, 5) is 14.0. The van der Waals surface area contributed by atoms with E-state index in [1.807, 2.05) is 49.9 Å². The first kappa shape index (κ1) is 17.4. The Morgan fingerprint density at radius 2 is 1.87 bits per heavy atom. The third-order valence-corrected chi connectivity index (χ3v) is 3.84. The molecule has 2 rings (SSSR count). The summed E-state index contributed by atoms with van der Waals surface area (Å²) in [5.74, 6) is 0.854. The molecule has 1 aliphatic rings. The Morgan fingerprint density at radius 1 is 1.17 bits per heavy atom. The lowest BCUT2D eigenvalue weighted by Crippen LogP contribution is -2.37. The number of benzene rings is 1. The summed E-state index contributed by atoms with van der Waals surface area (Å²) < 4.78 is 10.6. The van der Waals surface area contributed by atoms with Crippen molar-refractivity contribution in [1.82, 2.24) is 4.90 Å². The highest BCUT2D eigenvalue weighted by atomic mass is 16.6. The van der Waals surface area contributed by atoms with Gasteiger partial charge in [0, 0.05) is 24.8 Å². The van der Waals surface area contributed by atoms with Gasteiger partial charge in [-0.3, -0.25) is 0 Å². The summed E-state index contributed by atoms with van der Waals surface area (Å²) in [6.45, 7) is 7.18. The Morgan fingerprint density at radius 3 is 2.48 bits per heavy atom. The van der Waals surface area contributed by atoms with Crippen molar-refractivity contribution in [3.8, 4) is 5.75 Å². The van der Waals surface area contributed by atoms with Crippen molar-refractivity contribution in [2.24, 2.45) is 0 Å². The van der Waals surface area contributed by atoms with E-state index in [1.54, 1.807) is 7.11 Å². The van der Waals surface area contributed by atoms with Crippen LogP contribution in [0.5, 0.6) is 5.75 Å². The van der Waals surface area contributed by atoms with Gasteiger partial charge in [-0.05, 0) is 64.3 Å². The average Bonchev–Trinajstić information content (AvgIpc) is 2.72. The Bertz CT molecular complexity index is 508. The number of methoxy groups -OCH3 is 1. The number of rotatable bonds is 3. The smallest absolute Gasteiger partial charge is 0.410 e. The molecule has 128 valence electrons. The van der Waals surface area contributed by atoms with E-state index in [1.165, 1.54) is 0 Å². The zero-order valence-electron chi connectivity index (χ0n) is 14.6. The van der Waals surface area contributed by atoms with Gasteiger partial charge in [0.05, 0.1) is 7.11 Å². The van der Waals surface area contributed by atoms with Gasteiger partial charge in [0.2, 0.25) is 0 Å². The van der Waals surface area contributed by atoms with E-state index in [9.17, 15) is 4.79 Å². The Kier molecular flexibility index (Phi) is 5.74. The number of hydrogen-bond donors (Lipinski definition) is 1. The lowest BCUT2D eigenvalue weighted by molar-refractivity contribution is 0.0256. The maximum Gasteiger partial charge on any atom is 0.410 e. The third-order valence-electron chi connectivity index (χ3n) is 3.84. The maximum absolute atomic E-state index is 12.2. The van der Waals surface area contributed by atoms with Crippen LogP contribution in [0.3, 0.4) is 0 Å². The monoisotopic (exact) mass is 320 g/mol. The first-order valence-electron chi connectivity index (χ1n) is 8.26. The van der Waals surface area contributed by atoms with E-state index in [4.69, 9.17) is 9.47 Å². The standard InChI is InChI=1S/C18H28N2O3/c1-18(2,3)23-17(21)20-12-5-6-14(11-13-20)19-15-7-9-16(22-4)10-8-15/h7-10,14,19H,5-6,11-13H2,1-4H3. The van der Waals surface area contributed by atoms with Gasteiger partial charge in [-0.2, -0.15) is 0 Å². The second-order valence-corrected chi connectivity index (χ2v) is 6.97. The van der Waals surface area contributed by atoms with Crippen molar-refractivity contribution in [1.29, 1.82) is 0 Å². The number of carbonyl (C=O) groups excluding carboxylic acids is 1. The van der Waals surface area contributed by atoms with E-state index in [0.717, 1.165) is 43.8 Å². The fourth-order valence-corrected chi connectivity index (χ4v) is 2.67. The second kappa shape index (κ2) is 7.57. The minimum Gasteiger partial charge on any atom is -0.497 e. The molecule has 1 aromatic carbocycles. The highest BCUT2D eigenvalue weighted by Crippen LogP contribution is 2.20. The fraction of sp³-hybridized carbons (Fsp3) is 0.611. The van der Waals surface area contributed by atoms with Crippen molar-refractivity contribution in [3.05, 3.63) is 24.3 Å². The minimum atomic E-state index is -0.440. The first-order chi connectivity index (χ1) is 10.9. The van der Waals surface area contributed by atoms with Crippen molar-refractivity contribution in [3.63, 3.8) is 0 Å². The predicted molar refractivity (Wildman–Crippen MR) is 92.1 cm³/mol. The van der Waals surface area contributed by atoms with Crippen LogP contribution >= 0.6 is 0 Å². The van der Waals surface area contributed by atoms with Gasteiger partial charge in [0.25, 0.3) is 0 Å². The molecule has 1 atom stereocenters. The summed E-state index contributed by atoms with van der Waals surface area (Å²) in [5, 5.41) is 3.55. The summed E-state index contributed by atoms with van der Waals surface area (Å²) in [6, 6.07) is 8.32. The highest BCUT2D eigenvalue weighted by molar-refractivity contribution is 5.68. The molecule has 1 saturated heterocycles. The average molecular weight is 320 g/mol. The van der Waals surface area contributed by atoms with E-state index < -0.39 is 5.60 Å². The molecule has 23 heavy (non-hydrogen) atoms. The summed E-state index contributed by atoms with van der Waals surface area (Å²) in [6.07, 6.45) is 2.74. The molecule has 1 aromatic rings. The zero-order valence-corrected chi connectivity index (χ0v) is 14.6. The molecule has 0 radical (unpaired) electrons. The topological polar surface area (TPSA) is 50.8 Å². The molecule has 1 amide bonds. The van der Waals surface area contributed by atoms with Crippen LogP contribution in [0.15, 0.2) is 24.3 Å². The molecule has 1 fully saturated rings. The van der Waals surface area contributed by atoms with E-state index in [0.29, 0.717) is 6.04 Å². The van der Waals surface area contributed by atoms with Crippen LogP contribution in [0.25, 0.3) is 0 Å². The van der Waals surface area contributed by atoms with Crippen molar-refractivity contribution in [2.75, 3.05) is 25.5 Å². The molecule has 5 nitrogen and oxygen atoms in total. The highest BCUT2D eigenvalue weighted by Gasteiger charge is 2.25. The van der Waals surface area contributed by atoms with E-state index in [2.05, 4.69) is 5.32 Å². The maximum atomic E-state index is 12.2. The van der Waals surface area contributed by atoms with Gasteiger partial charge in [0.1, 0.15) is 11.4 Å². The van der Waals surface area contributed by atoms with Gasteiger partial charge >= 0.3 is 6.09 Å². The lowest BCUT2D eigenvalue weighted by Gasteiger charge is -2.26. The first-order valence-corrected chi connectivity index (χ1v) is 8.26. The Labute approximate surface area is 139 Å². The van der Waals surface area contributed by atoms with Crippen LogP contribution in [0.1, 0.15) is 40.0 Å². The number of hydrogen-bond acceptors (Lipinski definition) is 4. The lowest BCUT2D eigenvalue weighted by atomic mass is 10.1. The summed E-state index contributed by atoms with van der Waals surface area (Å²) in [7, 11) is 1.67. The van der Waals surface area contributed by atoms with Gasteiger partial charge in [0.15, 0.2) is 0 Å². The van der Waals surface area contributed by atoms with E-state index in [-0.39, 0.29) is 6.09 Å². The molecule has 0 spiro atoms. The molecule has 0 aliphatic carbocycles. The van der Waals surface area contributed by atoms with Crippen LogP contribution in [-0.4, -0.2) is 42.8 Å². The molecule has 1 unspecified atom stereocenters. The minimum absolute atomic E-state index is 0.206.